The van der Waals surface area contributed by atoms with Crippen LogP contribution in [-0.4, -0.2) is 15.6 Å². The third-order valence-corrected chi connectivity index (χ3v) is 3.75. The van der Waals surface area contributed by atoms with Gasteiger partial charge in [0.1, 0.15) is 5.69 Å². The second-order valence-corrected chi connectivity index (χ2v) is 5.11. The van der Waals surface area contributed by atoms with Crippen molar-refractivity contribution < 1.29 is 4.79 Å². The Hall–Kier alpha value is -1.90. The molecule has 1 aromatic heterocycles. The molecule has 1 aliphatic carbocycles. The summed E-state index contributed by atoms with van der Waals surface area (Å²) in [6, 6.07) is 7.94. The summed E-state index contributed by atoms with van der Waals surface area (Å²) >= 11 is 0. The Bertz CT molecular complexity index is 613. The number of hydrogen-bond donors (Lipinski definition) is 0. The molecule has 3 nitrogen and oxygen atoms in total. The van der Waals surface area contributed by atoms with E-state index in [-0.39, 0.29) is 5.78 Å². The summed E-state index contributed by atoms with van der Waals surface area (Å²) in [5, 5.41) is 4.22. The zero-order valence-corrected chi connectivity index (χ0v) is 11.2. The largest absolute Gasteiger partial charge is 0.287 e. The van der Waals surface area contributed by atoms with Crippen LogP contribution in [-0.2, 0) is 19.4 Å². The summed E-state index contributed by atoms with van der Waals surface area (Å²) in [6.07, 6.45) is 6.14. The number of benzene rings is 1. The average Bonchev–Trinajstić information content (AvgIpc) is 3.05. The van der Waals surface area contributed by atoms with Crippen LogP contribution in [0, 0.1) is 0 Å². The topological polar surface area (TPSA) is 34.9 Å². The molecule has 0 spiro atoms. The predicted octanol–water partition coefficient (Wildman–Crippen LogP) is 3.01. The fourth-order valence-corrected chi connectivity index (χ4v) is 2.78. The second kappa shape index (κ2) is 5.00. The lowest BCUT2D eigenvalue weighted by Crippen LogP contribution is -2.11. The highest BCUT2D eigenvalue weighted by molar-refractivity contribution is 6.08. The van der Waals surface area contributed by atoms with E-state index in [1.807, 2.05) is 12.1 Å². The molecule has 0 saturated heterocycles. The van der Waals surface area contributed by atoms with Gasteiger partial charge in [-0.15, -0.1) is 0 Å². The quantitative estimate of drug-likeness (QED) is 0.786. The summed E-state index contributed by atoms with van der Waals surface area (Å²) in [7, 11) is 0. The van der Waals surface area contributed by atoms with Gasteiger partial charge in [-0.3, -0.25) is 9.48 Å². The number of aromatic nitrogens is 2. The van der Waals surface area contributed by atoms with Crippen LogP contribution >= 0.6 is 0 Å². The molecular weight excluding hydrogens is 236 g/mol. The Kier molecular flexibility index (Phi) is 3.20. The lowest BCUT2D eigenvalue weighted by molar-refractivity contribution is 0.102. The van der Waals surface area contributed by atoms with E-state index in [9.17, 15) is 4.79 Å². The predicted molar refractivity (Wildman–Crippen MR) is 74.4 cm³/mol. The Morgan fingerprint density at radius 3 is 2.95 bits per heavy atom. The average molecular weight is 254 g/mol. The molecule has 0 amide bonds. The highest BCUT2D eigenvalue weighted by atomic mass is 16.1. The molecule has 0 N–H and O–H groups in total. The van der Waals surface area contributed by atoms with Crippen molar-refractivity contribution in [3.05, 3.63) is 52.8 Å². The van der Waals surface area contributed by atoms with Gasteiger partial charge >= 0.3 is 0 Å². The number of rotatable bonds is 4. The summed E-state index contributed by atoms with van der Waals surface area (Å²) in [5.41, 5.74) is 4.23. The highest BCUT2D eigenvalue weighted by Gasteiger charge is 2.17. The molecule has 0 radical (unpaired) electrons. The maximum atomic E-state index is 12.5. The van der Waals surface area contributed by atoms with E-state index >= 15 is 0 Å². The van der Waals surface area contributed by atoms with Crippen molar-refractivity contribution in [3.8, 4) is 0 Å². The molecule has 0 bridgehead atoms. The van der Waals surface area contributed by atoms with E-state index in [1.54, 1.807) is 10.9 Å². The molecule has 98 valence electrons. The van der Waals surface area contributed by atoms with Gasteiger partial charge in [-0.2, -0.15) is 5.10 Å². The summed E-state index contributed by atoms with van der Waals surface area (Å²) in [6.45, 7) is 2.88. The van der Waals surface area contributed by atoms with Crippen molar-refractivity contribution in [2.75, 3.05) is 0 Å². The van der Waals surface area contributed by atoms with Crippen LogP contribution in [0.25, 0.3) is 0 Å². The van der Waals surface area contributed by atoms with Crippen LogP contribution in [0.3, 0.4) is 0 Å². The van der Waals surface area contributed by atoms with Crippen LogP contribution in [0.4, 0.5) is 0 Å². The molecule has 1 aromatic carbocycles. The van der Waals surface area contributed by atoms with E-state index in [1.165, 1.54) is 17.5 Å². The van der Waals surface area contributed by atoms with Gasteiger partial charge < -0.3 is 0 Å². The van der Waals surface area contributed by atoms with Gasteiger partial charge in [-0.25, -0.2) is 0 Å². The van der Waals surface area contributed by atoms with Crippen LogP contribution in [0.1, 0.15) is 46.9 Å². The Labute approximate surface area is 113 Å². The Morgan fingerprint density at radius 1 is 1.26 bits per heavy atom. The third-order valence-electron chi connectivity index (χ3n) is 3.75. The van der Waals surface area contributed by atoms with Gasteiger partial charge in [0.25, 0.3) is 0 Å². The molecule has 0 unspecified atom stereocenters. The number of carbonyl (C=O) groups is 1. The Balaban J connectivity index is 1.93. The van der Waals surface area contributed by atoms with E-state index in [4.69, 9.17) is 0 Å². The molecule has 19 heavy (non-hydrogen) atoms. The zero-order chi connectivity index (χ0) is 13.2. The van der Waals surface area contributed by atoms with E-state index < -0.39 is 0 Å². The van der Waals surface area contributed by atoms with Crippen LogP contribution < -0.4 is 0 Å². The smallest absolute Gasteiger partial charge is 0.211 e. The van der Waals surface area contributed by atoms with E-state index in [0.717, 1.165) is 31.4 Å². The summed E-state index contributed by atoms with van der Waals surface area (Å²) in [5.74, 6) is 0.0839. The normalized spacial score (nSPS) is 13.5. The first-order chi connectivity index (χ1) is 9.29. The van der Waals surface area contributed by atoms with E-state index in [2.05, 4.69) is 24.2 Å². The summed E-state index contributed by atoms with van der Waals surface area (Å²) < 4.78 is 1.80. The fourth-order valence-electron chi connectivity index (χ4n) is 2.78. The van der Waals surface area contributed by atoms with Gasteiger partial charge in [0.05, 0.1) is 0 Å². The lowest BCUT2D eigenvalue weighted by Gasteiger charge is -2.07. The Morgan fingerprint density at radius 2 is 2.11 bits per heavy atom. The maximum Gasteiger partial charge on any atom is 0.211 e. The van der Waals surface area contributed by atoms with Crippen molar-refractivity contribution in [2.45, 2.75) is 39.2 Å². The monoisotopic (exact) mass is 254 g/mol. The van der Waals surface area contributed by atoms with E-state index in [0.29, 0.717) is 5.69 Å². The third kappa shape index (κ3) is 2.21. The fraction of sp³-hybridized carbons (Fsp3) is 0.375. The molecule has 0 saturated carbocycles. The van der Waals surface area contributed by atoms with Gasteiger partial charge in [0, 0.05) is 18.3 Å². The van der Waals surface area contributed by atoms with Crippen molar-refractivity contribution in [1.29, 1.82) is 0 Å². The number of hydrogen-bond acceptors (Lipinski definition) is 2. The standard InChI is InChI=1S/C16H18N2O/c1-2-10-18-15(8-9-17-18)16(19)14-7-6-12-4-3-5-13(12)11-14/h6-9,11H,2-5,10H2,1H3. The van der Waals surface area contributed by atoms with Gasteiger partial charge in [0.15, 0.2) is 0 Å². The molecule has 0 aliphatic heterocycles. The lowest BCUT2D eigenvalue weighted by atomic mass is 10.0. The molecule has 2 aromatic rings. The number of carbonyl (C=O) groups excluding carboxylic acids is 1. The molecule has 0 atom stereocenters. The summed E-state index contributed by atoms with van der Waals surface area (Å²) in [4.78, 5) is 12.5. The SMILES string of the molecule is CCCn1nccc1C(=O)c1ccc2c(c1)CCC2. The van der Waals surface area contributed by atoms with Crippen molar-refractivity contribution >= 4 is 5.78 Å². The highest BCUT2D eigenvalue weighted by Crippen LogP contribution is 2.24. The molecule has 3 heteroatoms. The van der Waals surface area contributed by atoms with Crippen LogP contribution in [0.2, 0.25) is 0 Å². The number of aryl methyl sites for hydroxylation is 3. The number of nitrogens with zero attached hydrogens (tertiary/aromatic N) is 2. The van der Waals surface area contributed by atoms with Crippen LogP contribution in [0.5, 0.6) is 0 Å². The first-order valence-electron chi connectivity index (χ1n) is 6.98. The number of fused-ring (bicyclic) bond motifs is 1. The zero-order valence-electron chi connectivity index (χ0n) is 11.2. The van der Waals surface area contributed by atoms with Gasteiger partial charge in [-0.1, -0.05) is 19.1 Å². The minimum Gasteiger partial charge on any atom is -0.287 e. The minimum atomic E-state index is 0.0839. The van der Waals surface area contributed by atoms with Crippen molar-refractivity contribution in [2.24, 2.45) is 0 Å². The van der Waals surface area contributed by atoms with Crippen molar-refractivity contribution in [3.63, 3.8) is 0 Å². The maximum absolute atomic E-state index is 12.5. The molecule has 3 rings (SSSR count). The van der Waals surface area contributed by atoms with Gasteiger partial charge in [0.2, 0.25) is 5.78 Å². The number of ketones is 1. The van der Waals surface area contributed by atoms with Crippen molar-refractivity contribution in [1.82, 2.24) is 9.78 Å². The minimum absolute atomic E-state index is 0.0839. The molecule has 0 fully saturated rings. The second-order valence-electron chi connectivity index (χ2n) is 5.11. The first-order valence-corrected chi connectivity index (χ1v) is 6.98. The molecular formula is C16H18N2O. The first kappa shape index (κ1) is 12.2. The molecule has 1 aliphatic rings. The van der Waals surface area contributed by atoms with Crippen LogP contribution in [0.15, 0.2) is 30.5 Å². The molecule has 1 heterocycles. The van der Waals surface area contributed by atoms with Gasteiger partial charge in [-0.05, 0) is 48.9 Å².